The topological polar surface area (TPSA) is 65.2 Å². The van der Waals surface area contributed by atoms with Gasteiger partial charge in [-0.15, -0.1) is 0 Å². The fraction of sp³-hybridized carbons (Fsp3) is 0.833. The molecule has 4 aliphatic heterocycles. The number of hydrazone groups is 1. The summed E-state index contributed by atoms with van der Waals surface area (Å²) in [7, 11) is 0. The van der Waals surface area contributed by atoms with E-state index in [2.05, 4.69) is 11.5 Å². The van der Waals surface area contributed by atoms with Crippen molar-refractivity contribution in [2.75, 3.05) is 26.4 Å². The molecule has 0 saturated carbocycles. The molecule has 0 bridgehead atoms. The Morgan fingerprint density at radius 3 is 2.12 bits per heavy atom. The van der Waals surface area contributed by atoms with E-state index in [0.717, 1.165) is 64.9 Å². The second-order valence-corrected chi connectivity index (χ2v) is 7.29. The average molecular weight is 335 g/mol. The molecule has 6 heteroatoms. The van der Waals surface area contributed by atoms with Crippen molar-refractivity contribution in [2.24, 2.45) is 5.10 Å². The van der Waals surface area contributed by atoms with Crippen LogP contribution >= 0.6 is 0 Å². The summed E-state index contributed by atoms with van der Waals surface area (Å²) in [6.07, 6.45) is 12.8. The van der Waals surface area contributed by atoms with E-state index in [-0.39, 0.29) is 0 Å². The molecule has 0 amide bonds. The smallest absolute Gasteiger partial charge is 0.0810 e. The number of nitrogens with zero attached hydrogens (tertiary/aromatic N) is 2. The number of nitrogens with one attached hydrogen (secondary N) is 1. The molecule has 0 aromatic rings. The van der Waals surface area contributed by atoms with E-state index < -0.39 is 0 Å². The summed E-state index contributed by atoms with van der Waals surface area (Å²) in [5, 5.41) is 6.81. The van der Waals surface area contributed by atoms with Gasteiger partial charge in [0.05, 0.1) is 50.4 Å². The molecule has 3 saturated heterocycles. The maximum Gasteiger partial charge on any atom is 0.0810 e. The van der Waals surface area contributed by atoms with Gasteiger partial charge in [-0.3, -0.25) is 5.43 Å². The zero-order valence-corrected chi connectivity index (χ0v) is 14.4. The van der Waals surface area contributed by atoms with Crippen molar-refractivity contribution in [2.45, 2.75) is 69.7 Å². The Kier molecular flexibility index (Phi) is 5.35. The molecule has 134 valence electrons. The maximum absolute atomic E-state index is 5.31. The number of allylic oxidation sites excluding steroid dienone is 2. The predicted molar refractivity (Wildman–Crippen MR) is 91.5 cm³/mol. The van der Waals surface area contributed by atoms with Crippen molar-refractivity contribution in [1.29, 1.82) is 0 Å². The molecule has 0 aromatic carbocycles. The van der Waals surface area contributed by atoms with E-state index in [0.29, 0.717) is 18.3 Å². The number of hydrogen-bond acceptors (Lipinski definition) is 6. The molecule has 3 unspecified atom stereocenters. The van der Waals surface area contributed by atoms with Crippen LogP contribution in [0.25, 0.3) is 0 Å². The van der Waals surface area contributed by atoms with Gasteiger partial charge in [-0.2, -0.15) is 5.10 Å². The standard InChI is InChI=1S/C18H29N3O3/c1(6-16-11-22-16)4-14-10-15(5-2-7-17-12-23-17)20-21(19-14)9-3-8-18-13-24-18/h10,16-19H,1-9,11-13H2. The molecule has 0 radical (unpaired) electrons. The van der Waals surface area contributed by atoms with Gasteiger partial charge in [0.2, 0.25) is 0 Å². The van der Waals surface area contributed by atoms with Crippen molar-refractivity contribution in [3.05, 3.63) is 11.8 Å². The summed E-state index contributed by atoms with van der Waals surface area (Å²) in [5.41, 5.74) is 5.98. The van der Waals surface area contributed by atoms with Gasteiger partial charge in [0.25, 0.3) is 0 Å². The van der Waals surface area contributed by atoms with E-state index >= 15 is 0 Å². The Morgan fingerprint density at radius 2 is 1.50 bits per heavy atom. The summed E-state index contributed by atoms with van der Waals surface area (Å²) in [6.45, 7) is 3.79. The molecule has 4 heterocycles. The highest BCUT2D eigenvalue weighted by molar-refractivity contribution is 5.95. The fourth-order valence-electron chi connectivity index (χ4n) is 3.17. The first-order chi connectivity index (χ1) is 11.8. The van der Waals surface area contributed by atoms with Crippen LogP contribution in [0.3, 0.4) is 0 Å². The lowest BCUT2D eigenvalue weighted by Gasteiger charge is -2.27. The van der Waals surface area contributed by atoms with Gasteiger partial charge in [-0.25, -0.2) is 5.12 Å². The lowest BCUT2D eigenvalue weighted by Crippen LogP contribution is -2.38. The van der Waals surface area contributed by atoms with Gasteiger partial charge in [0.15, 0.2) is 0 Å². The van der Waals surface area contributed by atoms with Gasteiger partial charge < -0.3 is 14.2 Å². The van der Waals surface area contributed by atoms with Crippen LogP contribution in [0.2, 0.25) is 0 Å². The summed E-state index contributed by atoms with van der Waals surface area (Å²) in [6, 6.07) is 0. The SMILES string of the molecule is C1=C(CCCC2CO2)NN(CCCC2CO2)N=C1CCCC1CO1. The van der Waals surface area contributed by atoms with Gasteiger partial charge in [-0.05, 0) is 57.4 Å². The van der Waals surface area contributed by atoms with Crippen LogP contribution in [0.1, 0.15) is 51.4 Å². The van der Waals surface area contributed by atoms with E-state index in [9.17, 15) is 0 Å². The summed E-state index contributed by atoms with van der Waals surface area (Å²) < 4.78 is 15.9. The third-order valence-corrected chi connectivity index (χ3v) is 4.90. The minimum atomic E-state index is 0.505. The number of hydrazine groups is 1. The molecule has 0 aromatic heterocycles. The predicted octanol–water partition coefficient (Wildman–Crippen LogP) is 2.36. The van der Waals surface area contributed by atoms with Crippen LogP contribution in [-0.2, 0) is 14.2 Å². The van der Waals surface area contributed by atoms with E-state index in [1.807, 2.05) is 5.12 Å². The molecule has 4 rings (SSSR count). The van der Waals surface area contributed by atoms with Crippen molar-refractivity contribution in [1.82, 2.24) is 10.5 Å². The van der Waals surface area contributed by atoms with Crippen LogP contribution < -0.4 is 5.43 Å². The highest BCUT2D eigenvalue weighted by Gasteiger charge is 2.24. The minimum Gasteiger partial charge on any atom is -0.373 e. The largest absolute Gasteiger partial charge is 0.373 e. The Labute approximate surface area is 144 Å². The third kappa shape index (κ3) is 5.76. The van der Waals surface area contributed by atoms with Crippen molar-refractivity contribution >= 4 is 5.71 Å². The van der Waals surface area contributed by atoms with Crippen LogP contribution in [-0.4, -0.2) is 55.5 Å². The summed E-state index contributed by atoms with van der Waals surface area (Å²) in [4.78, 5) is 0. The normalized spacial score (nSPS) is 30.5. The molecule has 24 heavy (non-hydrogen) atoms. The van der Waals surface area contributed by atoms with Gasteiger partial charge in [0, 0.05) is 5.70 Å². The first kappa shape index (κ1) is 16.4. The van der Waals surface area contributed by atoms with Crippen LogP contribution in [0, 0.1) is 0 Å². The molecule has 4 aliphatic rings. The second-order valence-electron chi connectivity index (χ2n) is 7.29. The number of hydrogen-bond donors (Lipinski definition) is 1. The van der Waals surface area contributed by atoms with Gasteiger partial charge in [-0.1, -0.05) is 0 Å². The summed E-state index contributed by atoms with van der Waals surface area (Å²) >= 11 is 0. The first-order valence-corrected chi connectivity index (χ1v) is 9.52. The van der Waals surface area contributed by atoms with Crippen LogP contribution in [0.15, 0.2) is 16.9 Å². The monoisotopic (exact) mass is 335 g/mol. The van der Waals surface area contributed by atoms with Crippen molar-refractivity contribution in [3.63, 3.8) is 0 Å². The molecule has 0 aliphatic carbocycles. The van der Waals surface area contributed by atoms with Crippen LogP contribution in [0.5, 0.6) is 0 Å². The molecular formula is C18H29N3O3. The average Bonchev–Trinajstić information content (AvgIpc) is 3.42. The van der Waals surface area contributed by atoms with Crippen LogP contribution in [0.4, 0.5) is 0 Å². The maximum atomic E-state index is 5.31. The molecule has 0 spiro atoms. The Morgan fingerprint density at radius 1 is 0.917 bits per heavy atom. The Bertz CT molecular complexity index is 482. The van der Waals surface area contributed by atoms with Gasteiger partial charge in [0.1, 0.15) is 0 Å². The third-order valence-electron chi connectivity index (χ3n) is 4.90. The van der Waals surface area contributed by atoms with E-state index in [1.165, 1.54) is 24.3 Å². The highest BCUT2D eigenvalue weighted by Crippen LogP contribution is 2.21. The number of ether oxygens (including phenoxy) is 3. The first-order valence-electron chi connectivity index (χ1n) is 9.52. The quantitative estimate of drug-likeness (QED) is 0.555. The second kappa shape index (κ2) is 7.85. The summed E-state index contributed by atoms with van der Waals surface area (Å²) in [5.74, 6) is 0. The minimum absolute atomic E-state index is 0.505. The van der Waals surface area contributed by atoms with E-state index in [1.54, 1.807) is 0 Å². The molecular weight excluding hydrogens is 306 g/mol. The van der Waals surface area contributed by atoms with Crippen molar-refractivity contribution < 1.29 is 14.2 Å². The Hall–Kier alpha value is -1.11. The van der Waals surface area contributed by atoms with Crippen molar-refractivity contribution in [3.8, 4) is 0 Å². The lowest BCUT2D eigenvalue weighted by atomic mass is 10.1. The van der Waals surface area contributed by atoms with Gasteiger partial charge >= 0.3 is 0 Å². The zero-order valence-electron chi connectivity index (χ0n) is 14.4. The Balaban J connectivity index is 1.24. The molecule has 6 nitrogen and oxygen atoms in total. The van der Waals surface area contributed by atoms with E-state index in [4.69, 9.17) is 19.3 Å². The molecule has 3 atom stereocenters. The molecule has 1 N–H and O–H groups in total. The molecule has 3 fully saturated rings. The number of epoxide rings is 3. The number of rotatable bonds is 12. The zero-order chi connectivity index (χ0) is 16.2. The highest BCUT2D eigenvalue weighted by atomic mass is 16.6. The lowest BCUT2D eigenvalue weighted by molar-refractivity contribution is 0.206. The fourth-order valence-corrected chi connectivity index (χ4v) is 3.17.